The van der Waals surface area contributed by atoms with Gasteiger partial charge in [-0.3, -0.25) is 9.59 Å². The molecule has 0 saturated heterocycles. The minimum atomic E-state index is -0.634. The van der Waals surface area contributed by atoms with Crippen molar-refractivity contribution in [3.8, 4) is 0 Å². The third-order valence-corrected chi connectivity index (χ3v) is 6.22. The highest BCUT2D eigenvalue weighted by Gasteiger charge is 2.27. The maximum absolute atomic E-state index is 13.1. The summed E-state index contributed by atoms with van der Waals surface area (Å²) < 4.78 is 17.9. The van der Waals surface area contributed by atoms with Crippen LogP contribution >= 0.6 is 11.3 Å². The second-order valence-corrected chi connectivity index (χ2v) is 8.04. The van der Waals surface area contributed by atoms with E-state index in [4.69, 9.17) is 4.74 Å². The van der Waals surface area contributed by atoms with Gasteiger partial charge in [0.05, 0.1) is 17.6 Å². The van der Waals surface area contributed by atoms with Gasteiger partial charge in [0.2, 0.25) is 0 Å². The minimum absolute atomic E-state index is 0.122. The summed E-state index contributed by atoms with van der Waals surface area (Å²) in [6.45, 7) is 1.66. The zero-order valence-electron chi connectivity index (χ0n) is 16.3. The van der Waals surface area contributed by atoms with Gasteiger partial charge in [-0.05, 0) is 49.6 Å². The van der Waals surface area contributed by atoms with Gasteiger partial charge in [-0.1, -0.05) is 19.3 Å². The summed E-state index contributed by atoms with van der Waals surface area (Å²) >= 11 is 1.03. The molecule has 0 unspecified atom stereocenters. The molecule has 2 amide bonds. The number of ether oxygens (including phenoxy) is 1. The molecule has 1 aliphatic carbocycles. The molecule has 6 nitrogen and oxygen atoms in total. The summed E-state index contributed by atoms with van der Waals surface area (Å²) in [6.07, 6.45) is 5.22. The molecule has 1 aromatic heterocycles. The molecule has 1 aliphatic rings. The highest BCUT2D eigenvalue weighted by Crippen LogP contribution is 2.34. The fourth-order valence-electron chi connectivity index (χ4n) is 3.44. The van der Waals surface area contributed by atoms with E-state index >= 15 is 0 Å². The molecule has 0 spiro atoms. The molecule has 2 N–H and O–H groups in total. The lowest BCUT2D eigenvalue weighted by atomic mass is 9.95. The van der Waals surface area contributed by atoms with Crippen LogP contribution < -0.4 is 10.6 Å². The fraction of sp³-hybridized carbons (Fsp3) is 0.381. The number of benzene rings is 1. The number of amides is 2. The van der Waals surface area contributed by atoms with E-state index in [1.807, 2.05) is 0 Å². The lowest BCUT2D eigenvalue weighted by Gasteiger charge is -2.22. The molecule has 1 fully saturated rings. The first-order valence-electron chi connectivity index (χ1n) is 9.50. The number of rotatable bonds is 5. The van der Waals surface area contributed by atoms with E-state index < -0.39 is 17.7 Å². The van der Waals surface area contributed by atoms with E-state index in [1.165, 1.54) is 37.8 Å². The monoisotopic (exact) mass is 418 g/mol. The van der Waals surface area contributed by atoms with Crippen molar-refractivity contribution in [3.63, 3.8) is 0 Å². The Balaban J connectivity index is 1.86. The molecule has 1 heterocycles. The smallest absolute Gasteiger partial charge is 0.341 e. The van der Waals surface area contributed by atoms with E-state index in [2.05, 4.69) is 10.6 Å². The van der Waals surface area contributed by atoms with Gasteiger partial charge in [-0.15, -0.1) is 11.3 Å². The summed E-state index contributed by atoms with van der Waals surface area (Å²) in [6, 6.07) is 5.17. The van der Waals surface area contributed by atoms with Crippen molar-refractivity contribution in [2.75, 3.05) is 12.4 Å². The second-order valence-electron chi connectivity index (χ2n) is 7.02. The Morgan fingerprint density at radius 2 is 1.72 bits per heavy atom. The molecule has 1 saturated carbocycles. The molecule has 2 aromatic rings. The number of carbonyl (C=O) groups excluding carboxylic acids is 3. The Bertz CT molecular complexity index is 918. The quantitative estimate of drug-likeness (QED) is 0.709. The Hall–Kier alpha value is -2.74. The Morgan fingerprint density at radius 3 is 2.34 bits per heavy atom. The predicted molar refractivity (Wildman–Crippen MR) is 109 cm³/mol. The van der Waals surface area contributed by atoms with Crippen LogP contribution in [-0.4, -0.2) is 30.9 Å². The number of hydrogen-bond acceptors (Lipinski definition) is 5. The van der Waals surface area contributed by atoms with Crippen molar-refractivity contribution >= 4 is 34.1 Å². The van der Waals surface area contributed by atoms with Gasteiger partial charge in [-0.25, -0.2) is 9.18 Å². The maximum Gasteiger partial charge on any atom is 0.341 e. The van der Waals surface area contributed by atoms with Gasteiger partial charge in [0.1, 0.15) is 10.8 Å². The molecule has 29 heavy (non-hydrogen) atoms. The first kappa shape index (κ1) is 21.0. The summed E-state index contributed by atoms with van der Waals surface area (Å²) in [4.78, 5) is 38.0. The summed E-state index contributed by atoms with van der Waals surface area (Å²) in [5, 5.41) is 5.92. The number of carbonyl (C=O) groups is 3. The lowest BCUT2D eigenvalue weighted by Crippen LogP contribution is -2.36. The van der Waals surface area contributed by atoms with Crippen molar-refractivity contribution in [3.05, 3.63) is 51.7 Å². The van der Waals surface area contributed by atoms with Crippen LogP contribution in [0.2, 0.25) is 0 Å². The molecule has 3 rings (SSSR count). The Kier molecular flexibility index (Phi) is 6.64. The third-order valence-electron chi connectivity index (χ3n) is 5.02. The molecular weight excluding hydrogens is 395 g/mol. The van der Waals surface area contributed by atoms with E-state index in [0.717, 1.165) is 37.0 Å². The minimum Gasteiger partial charge on any atom is -0.465 e. The van der Waals surface area contributed by atoms with Gasteiger partial charge in [0, 0.05) is 11.6 Å². The summed E-state index contributed by atoms with van der Waals surface area (Å²) in [7, 11) is 1.24. The van der Waals surface area contributed by atoms with Crippen molar-refractivity contribution in [1.29, 1.82) is 0 Å². The van der Waals surface area contributed by atoms with Crippen LogP contribution in [0.4, 0.5) is 9.39 Å². The van der Waals surface area contributed by atoms with Crippen molar-refractivity contribution in [2.24, 2.45) is 0 Å². The van der Waals surface area contributed by atoms with Gasteiger partial charge in [-0.2, -0.15) is 0 Å². The lowest BCUT2D eigenvalue weighted by molar-refractivity contribution is 0.0601. The first-order chi connectivity index (χ1) is 13.9. The van der Waals surface area contributed by atoms with Crippen LogP contribution in [0.15, 0.2) is 24.3 Å². The van der Waals surface area contributed by atoms with Crippen LogP contribution in [-0.2, 0) is 4.74 Å². The second kappa shape index (κ2) is 9.17. The Morgan fingerprint density at radius 1 is 1.07 bits per heavy atom. The normalized spacial score (nSPS) is 14.3. The SMILES string of the molecule is COC(=O)c1c(NC(=O)c2ccc(F)cc2)sc(C(=O)NC2CCCCC2)c1C. The van der Waals surface area contributed by atoms with Crippen LogP contribution in [0.25, 0.3) is 0 Å². The summed E-state index contributed by atoms with van der Waals surface area (Å²) in [5.41, 5.74) is 0.854. The number of halogens is 1. The maximum atomic E-state index is 13.1. The molecule has 0 aliphatic heterocycles. The van der Waals surface area contributed by atoms with Gasteiger partial charge < -0.3 is 15.4 Å². The van der Waals surface area contributed by atoms with Gasteiger partial charge in [0.15, 0.2) is 0 Å². The zero-order chi connectivity index (χ0) is 21.0. The molecule has 154 valence electrons. The molecular formula is C21H23FN2O4S. The van der Waals surface area contributed by atoms with Crippen molar-refractivity contribution in [2.45, 2.75) is 45.1 Å². The van der Waals surface area contributed by atoms with Gasteiger partial charge >= 0.3 is 5.97 Å². The van der Waals surface area contributed by atoms with Crippen molar-refractivity contribution < 1.29 is 23.5 Å². The number of esters is 1. The highest BCUT2D eigenvalue weighted by molar-refractivity contribution is 7.18. The van der Waals surface area contributed by atoms with Gasteiger partial charge in [0.25, 0.3) is 11.8 Å². The third kappa shape index (κ3) is 4.82. The molecule has 0 radical (unpaired) electrons. The average Bonchev–Trinajstić information content (AvgIpc) is 3.04. The van der Waals surface area contributed by atoms with Crippen LogP contribution in [0.5, 0.6) is 0 Å². The zero-order valence-corrected chi connectivity index (χ0v) is 17.2. The number of anilines is 1. The number of methoxy groups -OCH3 is 1. The summed E-state index contributed by atoms with van der Waals surface area (Å²) in [5.74, 6) is -1.85. The van der Waals surface area contributed by atoms with Crippen LogP contribution in [0.1, 0.15) is 68.1 Å². The number of thiophene rings is 1. The van der Waals surface area contributed by atoms with E-state index in [-0.39, 0.29) is 28.1 Å². The predicted octanol–water partition coefficient (Wildman–Crippen LogP) is 4.30. The number of hydrogen-bond donors (Lipinski definition) is 2. The van der Waals surface area contributed by atoms with Crippen molar-refractivity contribution in [1.82, 2.24) is 5.32 Å². The van der Waals surface area contributed by atoms with E-state index in [1.54, 1.807) is 6.92 Å². The first-order valence-corrected chi connectivity index (χ1v) is 10.3. The highest BCUT2D eigenvalue weighted by atomic mass is 32.1. The average molecular weight is 418 g/mol. The molecule has 1 aromatic carbocycles. The Labute approximate surface area is 172 Å². The standard InChI is InChI=1S/C21H23FN2O4S/c1-12-16(21(27)28-2)20(24-18(25)13-8-10-14(22)11-9-13)29-17(12)19(26)23-15-6-4-3-5-7-15/h8-11,15H,3-7H2,1-2H3,(H,23,26)(H,24,25). The number of nitrogens with one attached hydrogen (secondary N) is 2. The van der Waals surface area contributed by atoms with E-state index in [0.29, 0.717) is 10.4 Å². The van der Waals surface area contributed by atoms with Crippen LogP contribution in [0.3, 0.4) is 0 Å². The largest absolute Gasteiger partial charge is 0.465 e. The van der Waals surface area contributed by atoms with Crippen LogP contribution in [0, 0.1) is 12.7 Å². The van der Waals surface area contributed by atoms with E-state index in [9.17, 15) is 18.8 Å². The fourth-order valence-corrected chi connectivity index (χ4v) is 4.53. The molecule has 8 heteroatoms. The molecule has 0 atom stereocenters. The molecule has 0 bridgehead atoms. The topological polar surface area (TPSA) is 84.5 Å².